The number of benzene rings is 2. The number of ether oxygens (including phenoxy) is 1. The number of carbonyl (C=O) groups excluding carboxylic acids is 1. The maximum absolute atomic E-state index is 11.8. The molecule has 0 aliphatic rings. The fraction of sp³-hybridized carbons (Fsp3) is 0.0667. The highest BCUT2D eigenvalue weighted by molar-refractivity contribution is 6.31. The van der Waals surface area contributed by atoms with Crippen molar-refractivity contribution in [3.05, 3.63) is 58.6 Å². The van der Waals surface area contributed by atoms with Gasteiger partial charge in [-0.2, -0.15) is 5.26 Å². The van der Waals surface area contributed by atoms with Crippen LogP contribution >= 0.6 is 11.6 Å². The van der Waals surface area contributed by atoms with Crippen LogP contribution in [0.4, 0.5) is 0 Å². The Kier molecular flexibility index (Phi) is 3.84. The number of carbonyl (C=O) groups is 1. The first-order valence-electron chi connectivity index (χ1n) is 5.54. The Morgan fingerprint density at radius 3 is 2.63 bits per heavy atom. The molecule has 0 fully saturated rings. The quantitative estimate of drug-likeness (QED) is 0.783. The van der Waals surface area contributed by atoms with Gasteiger partial charge < -0.3 is 4.74 Å². The van der Waals surface area contributed by atoms with E-state index in [2.05, 4.69) is 6.07 Å². The van der Waals surface area contributed by atoms with E-state index in [1.54, 1.807) is 42.5 Å². The Morgan fingerprint density at radius 2 is 1.95 bits per heavy atom. The average molecular weight is 272 g/mol. The first-order valence-corrected chi connectivity index (χ1v) is 5.92. The number of nitriles is 1. The molecule has 0 aliphatic carbocycles. The van der Waals surface area contributed by atoms with Crippen LogP contribution in [0.25, 0.3) is 11.1 Å². The highest BCUT2D eigenvalue weighted by Gasteiger charge is 2.15. The summed E-state index contributed by atoms with van der Waals surface area (Å²) in [7, 11) is 1.32. The number of rotatable bonds is 2. The molecule has 0 aromatic heterocycles. The first kappa shape index (κ1) is 13.1. The van der Waals surface area contributed by atoms with Gasteiger partial charge in [0, 0.05) is 10.6 Å². The fourth-order valence-corrected chi connectivity index (χ4v) is 2.01. The Bertz CT molecular complexity index is 674. The van der Waals surface area contributed by atoms with E-state index in [9.17, 15) is 4.79 Å². The average Bonchev–Trinajstić information content (AvgIpc) is 2.46. The molecule has 0 bridgehead atoms. The van der Waals surface area contributed by atoms with Gasteiger partial charge in [0.1, 0.15) is 0 Å². The lowest BCUT2D eigenvalue weighted by Crippen LogP contribution is -2.03. The SMILES string of the molecule is COC(=O)c1ccccc1-c1cc(Cl)ccc1C#N. The Balaban J connectivity index is 2.69. The van der Waals surface area contributed by atoms with E-state index in [-0.39, 0.29) is 0 Å². The van der Waals surface area contributed by atoms with E-state index in [1.165, 1.54) is 7.11 Å². The Labute approximate surface area is 116 Å². The molecule has 0 N–H and O–H groups in total. The van der Waals surface area contributed by atoms with E-state index >= 15 is 0 Å². The molecule has 94 valence electrons. The van der Waals surface area contributed by atoms with Crippen LogP contribution in [-0.4, -0.2) is 13.1 Å². The molecule has 2 rings (SSSR count). The third kappa shape index (κ3) is 2.59. The van der Waals surface area contributed by atoms with Crippen molar-refractivity contribution in [2.45, 2.75) is 0 Å². The van der Waals surface area contributed by atoms with Crippen LogP contribution < -0.4 is 0 Å². The van der Waals surface area contributed by atoms with Gasteiger partial charge in [-0.1, -0.05) is 29.8 Å². The molecule has 0 amide bonds. The number of hydrogen-bond donors (Lipinski definition) is 0. The zero-order valence-electron chi connectivity index (χ0n) is 10.2. The minimum atomic E-state index is -0.445. The Morgan fingerprint density at radius 1 is 1.21 bits per heavy atom. The smallest absolute Gasteiger partial charge is 0.338 e. The molecule has 0 heterocycles. The predicted octanol–water partition coefficient (Wildman–Crippen LogP) is 3.67. The molecule has 0 aliphatic heterocycles. The minimum absolute atomic E-state index is 0.406. The van der Waals surface area contributed by atoms with E-state index in [4.69, 9.17) is 21.6 Å². The zero-order chi connectivity index (χ0) is 13.8. The summed E-state index contributed by atoms with van der Waals surface area (Å²) in [4.78, 5) is 11.8. The van der Waals surface area contributed by atoms with E-state index < -0.39 is 5.97 Å². The second-order valence-electron chi connectivity index (χ2n) is 3.84. The monoisotopic (exact) mass is 271 g/mol. The predicted molar refractivity (Wildman–Crippen MR) is 72.9 cm³/mol. The molecule has 0 saturated carbocycles. The van der Waals surface area contributed by atoms with Gasteiger partial charge in [-0.05, 0) is 29.8 Å². The van der Waals surface area contributed by atoms with Crippen molar-refractivity contribution in [3.63, 3.8) is 0 Å². The lowest BCUT2D eigenvalue weighted by atomic mass is 9.96. The molecule has 4 heteroatoms. The van der Waals surface area contributed by atoms with Gasteiger partial charge in [0.15, 0.2) is 0 Å². The summed E-state index contributed by atoms with van der Waals surface area (Å²) >= 11 is 5.96. The van der Waals surface area contributed by atoms with Crippen LogP contribution in [0.3, 0.4) is 0 Å². The third-order valence-electron chi connectivity index (χ3n) is 2.72. The molecule has 19 heavy (non-hydrogen) atoms. The number of methoxy groups -OCH3 is 1. The largest absolute Gasteiger partial charge is 0.465 e. The summed E-state index contributed by atoms with van der Waals surface area (Å²) < 4.78 is 4.75. The summed E-state index contributed by atoms with van der Waals surface area (Å²) in [5.74, 6) is -0.445. The number of hydrogen-bond acceptors (Lipinski definition) is 3. The summed E-state index contributed by atoms with van der Waals surface area (Å²) in [6.07, 6.45) is 0. The first-order chi connectivity index (χ1) is 9.17. The second kappa shape index (κ2) is 5.55. The molecule has 2 aromatic carbocycles. The standard InChI is InChI=1S/C15H10ClNO2/c1-19-15(18)13-5-3-2-4-12(13)14-8-11(16)7-6-10(14)9-17/h2-8H,1H3. The lowest BCUT2D eigenvalue weighted by molar-refractivity contribution is 0.0601. The molecule has 0 atom stereocenters. The molecule has 0 saturated heterocycles. The van der Waals surface area contributed by atoms with Crippen LogP contribution in [-0.2, 0) is 4.74 Å². The van der Waals surface area contributed by atoms with Gasteiger partial charge in [-0.25, -0.2) is 4.79 Å². The van der Waals surface area contributed by atoms with E-state index in [0.29, 0.717) is 27.3 Å². The number of halogens is 1. The van der Waals surface area contributed by atoms with Gasteiger partial charge in [-0.15, -0.1) is 0 Å². The van der Waals surface area contributed by atoms with Crippen LogP contribution in [0.15, 0.2) is 42.5 Å². The van der Waals surface area contributed by atoms with Crippen LogP contribution in [0.5, 0.6) is 0 Å². The van der Waals surface area contributed by atoms with E-state index in [0.717, 1.165) is 0 Å². The third-order valence-corrected chi connectivity index (χ3v) is 2.96. The number of esters is 1. The lowest BCUT2D eigenvalue weighted by Gasteiger charge is -2.09. The van der Waals surface area contributed by atoms with Crippen molar-refractivity contribution < 1.29 is 9.53 Å². The van der Waals surface area contributed by atoms with Gasteiger partial charge in [0.2, 0.25) is 0 Å². The minimum Gasteiger partial charge on any atom is -0.465 e. The maximum Gasteiger partial charge on any atom is 0.338 e. The molecule has 3 nitrogen and oxygen atoms in total. The summed E-state index contributed by atoms with van der Waals surface area (Å²) in [5.41, 5.74) is 2.12. The van der Waals surface area contributed by atoms with Crippen molar-refractivity contribution >= 4 is 17.6 Å². The van der Waals surface area contributed by atoms with Crippen LogP contribution in [0.2, 0.25) is 5.02 Å². The summed E-state index contributed by atoms with van der Waals surface area (Å²) in [6.45, 7) is 0. The van der Waals surface area contributed by atoms with Gasteiger partial charge in [-0.3, -0.25) is 0 Å². The van der Waals surface area contributed by atoms with Gasteiger partial charge >= 0.3 is 5.97 Å². The zero-order valence-corrected chi connectivity index (χ0v) is 10.9. The molecule has 0 spiro atoms. The number of nitrogens with zero attached hydrogens (tertiary/aromatic N) is 1. The van der Waals surface area contributed by atoms with Crippen LogP contribution in [0.1, 0.15) is 15.9 Å². The van der Waals surface area contributed by atoms with Crippen molar-refractivity contribution in [2.75, 3.05) is 7.11 Å². The normalized spacial score (nSPS) is 9.74. The van der Waals surface area contributed by atoms with Gasteiger partial charge in [0.05, 0.1) is 24.3 Å². The van der Waals surface area contributed by atoms with Gasteiger partial charge in [0.25, 0.3) is 0 Å². The van der Waals surface area contributed by atoms with Crippen molar-refractivity contribution in [1.29, 1.82) is 5.26 Å². The molecular formula is C15H10ClNO2. The second-order valence-corrected chi connectivity index (χ2v) is 4.28. The van der Waals surface area contributed by atoms with Crippen LogP contribution in [0, 0.1) is 11.3 Å². The highest BCUT2D eigenvalue weighted by Crippen LogP contribution is 2.29. The molecule has 2 aromatic rings. The molecular weight excluding hydrogens is 262 g/mol. The highest BCUT2D eigenvalue weighted by atomic mass is 35.5. The van der Waals surface area contributed by atoms with Crippen molar-refractivity contribution in [3.8, 4) is 17.2 Å². The fourth-order valence-electron chi connectivity index (χ4n) is 1.84. The van der Waals surface area contributed by atoms with E-state index in [1.807, 2.05) is 0 Å². The topological polar surface area (TPSA) is 50.1 Å². The van der Waals surface area contributed by atoms with Crippen molar-refractivity contribution in [2.24, 2.45) is 0 Å². The molecule has 0 unspecified atom stereocenters. The summed E-state index contributed by atoms with van der Waals surface area (Å²) in [5, 5.41) is 9.66. The summed E-state index contributed by atoms with van der Waals surface area (Å²) in [6, 6.07) is 14.0. The molecule has 0 radical (unpaired) electrons. The maximum atomic E-state index is 11.8. The van der Waals surface area contributed by atoms with Crippen molar-refractivity contribution in [1.82, 2.24) is 0 Å². The Hall–Kier alpha value is -2.31.